The molecule has 0 atom stereocenters. The second-order valence-corrected chi connectivity index (χ2v) is 7.84. The third-order valence-corrected chi connectivity index (χ3v) is 6.93. The molecule has 0 unspecified atom stereocenters. The van der Waals surface area contributed by atoms with Crippen LogP contribution in [0.1, 0.15) is 37.7 Å². The number of hydrogen-bond acceptors (Lipinski definition) is 2. The maximum absolute atomic E-state index is 13.4. The van der Waals surface area contributed by atoms with Gasteiger partial charge in [0.15, 0.2) is 0 Å². The maximum Gasteiger partial charge on any atom is 0.307 e. The van der Waals surface area contributed by atoms with E-state index >= 15 is 0 Å². The van der Waals surface area contributed by atoms with E-state index in [1.165, 1.54) is 12.1 Å². The van der Waals surface area contributed by atoms with E-state index in [0.29, 0.717) is 0 Å². The lowest BCUT2D eigenvalue weighted by molar-refractivity contribution is -0.167. The normalized spacial score (nSPS) is 39.8. The van der Waals surface area contributed by atoms with Crippen molar-refractivity contribution in [2.24, 2.45) is 29.6 Å². The summed E-state index contributed by atoms with van der Waals surface area (Å²) in [6.07, 6.45) is 3.14. The summed E-state index contributed by atoms with van der Waals surface area (Å²) in [6.45, 7) is 0. The van der Waals surface area contributed by atoms with E-state index in [4.69, 9.17) is 0 Å². The van der Waals surface area contributed by atoms with Crippen LogP contribution in [0.15, 0.2) is 24.3 Å². The molecule has 0 aliphatic heterocycles. The van der Waals surface area contributed by atoms with Gasteiger partial charge in [-0.05, 0) is 67.1 Å². The van der Waals surface area contributed by atoms with E-state index in [1.807, 2.05) is 0 Å². The lowest BCUT2D eigenvalue weighted by atomic mass is 9.40. The van der Waals surface area contributed by atoms with Gasteiger partial charge in [-0.25, -0.2) is 4.39 Å². The monoisotopic (exact) mass is 332 g/mol. The van der Waals surface area contributed by atoms with Gasteiger partial charge in [0.2, 0.25) is 0 Å². The first-order valence-electron chi connectivity index (χ1n) is 8.62. The molecule has 1 aromatic rings. The average molecular weight is 332 g/mol. The highest BCUT2D eigenvalue weighted by molar-refractivity contribution is 5.72. The SMILES string of the molecule is O=C(O)CC1(c2ccc(F)cc2)C2CC3CC1CC(C2)C3C(=O)O. The van der Waals surface area contributed by atoms with Crippen molar-refractivity contribution in [2.75, 3.05) is 0 Å². The van der Waals surface area contributed by atoms with Crippen LogP contribution < -0.4 is 0 Å². The van der Waals surface area contributed by atoms with Gasteiger partial charge in [0, 0.05) is 5.41 Å². The Hall–Kier alpha value is -1.91. The molecule has 0 spiro atoms. The van der Waals surface area contributed by atoms with Crippen LogP contribution in [-0.4, -0.2) is 22.2 Å². The van der Waals surface area contributed by atoms with Gasteiger partial charge in [0.05, 0.1) is 12.3 Å². The molecule has 4 aliphatic rings. The highest BCUT2D eigenvalue weighted by Crippen LogP contribution is 2.65. The van der Waals surface area contributed by atoms with Crippen LogP contribution in [0.2, 0.25) is 0 Å². The molecule has 4 bridgehead atoms. The smallest absolute Gasteiger partial charge is 0.307 e. The van der Waals surface area contributed by atoms with Crippen molar-refractivity contribution in [1.29, 1.82) is 0 Å². The molecule has 4 saturated carbocycles. The third kappa shape index (κ3) is 2.10. The third-order valence-electron chi connectivity index (χ3n) is 6.93. The molecule has 0 aromatic heterocycles. The topological polar surface area (TPSA) is 74.6 Å². The largest absolute Gasteiger partial charge is 0.481 e. The van der Waals surface area contributed by atoms with Gasteiger partial charge >= 0.3 is 11.9 Å². The molecule has 0 saturated heterocycles. The number of rotatable bonds is 4. The van der Waals surface area contributed by atoms with Crippen molar-refractivity contribution in [3.63, 3.8) is 0 Å². The highest BCUT2D eigenvalue weighted by atomic mass is 19.1. The summed E-state index contributed by atoms with van der Waals surface area (Å²) in [5, 5.41) is 19.1. The van der Waals surface area contributed by atoms with Crippen molar-refractivity contribution >= 4 is 11.9 Å². The molecule has 0 amide bonds. The first-order valence-corrected chi connectivity index (χ1v) is 8.62. The molecule has 4 aliphatic carbocycles. The standard InChI is InChI=1S/C19H21FO4/c20-15-3-1-12(2-4-15)19(9-16(21)22)13-5-10-6-14(19)8-11(7-13)17(10)18(23)24/h1-4,10-11,13-14,17H,5-9H2,(H,21,22)(H,23,24). The summed E-state index contributed by atoms with van der Waals surface area (Å²) < 4.78 is 13.4. The first-order chi connectivity index (χ1) is 11.4. The second-order valence-electron chi connectivity index (χ2n) is 7.84. The molecule has 0 radical (unpaired) electrons. The van der Waals surface area contributed by atoms with Crippen molar-refractivity contribution in [2.45, 2.75) is 37.5 Å². The molecule has 4 fully saturated rings. The summed E-state index contributed by atoms with van der Waals surface area (Å²) in [5.74, 6) is -1.45. The van der Waals surface area contributed by atoms with E-state index < -0.39 is 17.4 Å². The molecule has 24 heavy (non-hydrogen) atoms. The summed E-state index contributed by atoms with van der Waals surface area (Å²) in [4.78, 5) is 23.2. The number of hydrogen-bond donors (Lipinski definition) is 2. The molecular formula is C19H21FO4. The minimum atomic E-state index is -0.832. The van der Waals surface area contributed by atoms with E-state index in [0.717, 1.165) is 31.2 Å². The second kappa shape index (κ2) is 5.30. The number of halogens is 1. The van der Waals surface area contributed by atoms with Gasteiger partial charge in [0.1, 0.15) is 5.82 Å². The Labute approximate surface area is 139 Å². The molecular weight excluding hydrogens is 311 g/mol. The van der Waals surface area contributed by atoms with Gasteiger partial charge < -0.3 is 10.2 Å². The van der Waals surface area contributed by atoms with Gasteiger partial charge in [-0.1, -0.05) is 12.1 Å². The molecule has 5 rings (SSSR count). The Balaban J connectivity index is 1.76. The summed E-state index contributed by atoms with van der Waals surface area (Å²) in [6, 6.07) is 6.28. The average Bonchev–Trinajstić information content (AvgIpc) is 2.50. The van der Waals surface area contributed by atoms with Crippen LogP contribution >= 0.6 is 0 Å². The molecule has 5 heteroatoms. The van der Waals surface area contributed by atoms with Crippen molar-refractivity contribution < 1.29 is 24.2 Å². The molecule has 2 N–H and O–H groups in total. The van der Waals surface area contributed by atoms with Gasteiger partial charge in [-0.15, -0.1) is 0 Å². The predicted octanol–water partition coefficient (Wildman–Crippen LogP) is 3.31. The van der Waals surface area contributed by atoms with E-state index in [2.05, 4.69) is 0 Å². The lowest BCUT2D eigenvalue weighted by Crippen LogP contribution is -2.60. The zero-order chi connectivity index (χ0) is 17.1. The number of aliphatic carboxylic acids is 2. The van der Waals surface area contributed by atoms with Crippen LogP contribution in [-0.2, 0) is 15.0 Å². The Morgan fingerprint density at radius 3 is 1.92 bits per heavy atom. The summed E-state index contributed by atoms with van der Waals surface area (Å²) in [7, 11) is 0. The van der Waals surface area contributed by atoms with Gasteiger partial charge in [0.25, 0.3) is 0 Å². The maximum atomic E-state index is 13.4. The number of carbonyl (C=O) groups is 2. The van der Waals surface area contributed by atoms with E-state index in [1.54, 1.807) is 12.1 Å². The van der Waals surface area contributed by atoms with Gasteiger partial charge in [-0.2, -0.15) is 0 Å². The Morgan fingerprint density at radius 2 is 1.50 bits per heavy atom. The Bertz CT molecular complexity index is 651. The highest BCUT2D eigenvalue weighted by Gasteiger charge is 2.62. The van der Waals surface area contributed by atoms with Gasteiger partial charge in [-0.3, -0.25) is 9.59 Å². The van der Waals surface area contributed by atoms with Crippen LogP contribution in [0, 0.1) is 35.4 Å². The quantitative estimate of drug-likeness (QED) is 0.887. The number of carboxylic acids is 2. The fourth-order valence-corrected chi connectivity index (χ4v) is 6.27. The summed E-state index contributed by atoms with van der Waals surface area (Å²) in [5.41, 5.74) is 0.433. The van der Waals surface area contributed by atoms with Crippen molar-refractivity contribution in [3.8, 4) is 0 Å². The van der Waals surface area contributed by atoms with Crippen molar-refractivity contribution in [1.82, 2.24) is 0 Å². The fourth-order valence-electron chi connectivity index (χ4n) is 6.27. The molecule has 0 heterocycles. The zero-order valence-electron chi connectivity index (χ0n) is 13.3. The van der Waals surface area contributed by atoms with Crippen LogP contribution in [0.5, 0.6) is 0 Å². The molecule has 128 valence electrons. The first kappa shape index (κ1) is 15.6. The Morgan fingerprint density at radius 1 is 1.00 bits per heavy atom. The summed E-state index contributed by atoms with van der Waals surface area (Å²) >= 11 is 0. The predicted molar refractivity (Wildman–Crippen MR) is 83.9 cm³/mol. The fraction of sp³-hybridized carbons (Fsp3) is 0.579. The molecule has 4 nitrogen and oxygen atoms in total. The van der Waals surface area contributed by atoms with Crippen LogP contribution in [0.4, 0.5) is 4.39 Å². The molecule has 1 aromatic carbocycles. The minimum Gasteiger partial charge on any atom is -0.481 e. The lowest BCUT2D eigenvalue weighted by Gasteiger charge is -2.63. The van der Waals surface area contributed by atoms with E-state index in [9.17, 15) is 24.2 Å². The van der Waals surface area contributed by atoms with Crippen LogP contribution in [0.25, 0.3) is 0 Å². The zero-order valence-corrected chi connectivity index (χ0v) is 13.3. The number of benzene rings is 1. The minimum absolute atomic E-state index is 0.0468. The van der Waals surface area contributed by atoms with Crippen molar-refractivity contribution in [3.05, 3.63) is 35.6 Å². The number of carboxylic acid groups (broad SMARTS) is 2. The Kier molecular flexibility index (Phi) is 3.44. The van der Waals surface area contributed by atoms with E-state index in [-0.39, 0.29) is 41.8 Å². The van der Waals surface area contributed by atoms with Crippen LogP contribution in [0.3, 0.4) is 0 Å².